The van der Waals surface area contributed by atoms with Gasteiger partial charge in [-0.3, -0.25) is 14.9 Å². The first-order valence-electron chi connectivity index (χ1n) is 6.95. The first-order chi connectivity index (χ1) is 10.2. The number of carbonyl (C=O) groups is 1. The highest BCUT2D eigenvalue weighted by Crippen LogP contribution is 2.19. The number of aliphatic hydroxyl groups excluding tert-OH is 1. The number of amides is 1. The van der Waals surface area contributed by atoms with Crippen molar-refractivity contribution in [3.8, 4) is 0 Å². The van der Waals surface area contributed by atoms with Gasteiger partial charge in [0.1, 0.15) is 0 Å². The van der Waals surface area contributed by atoms with Crippen molar-refractivity contribution >= 4 is 11.6 Å². The Morgan fingerprint density at radius 2 is 1.86 bits per heavy atom. The highest BCUT2D eigenvalue weighted by Gasteiger charge is 2.21. The Balaban J connectivity index is 2.59. The summed E-state index contributed by atoms with van der Waals surface area (Å²) in [5, 5.41) is 23.3. The fraction of sp³-hybridized carbons (Fsp3) is 0.500. The van der Waals surface area contributed by atoms with Gasteiger partial charge < -0.3 is 21.9 Å². The van der Waals surface area contributed by atoms with E-state index in [4.69, 9.17) is 11.5 Å². The normalized spacial score (nSPS) is 15.2. The van der Waals surface area contributed by atoms with Crippen LogP contribution >= 0.6 is 0 Å². The van der Waals surface area contributed by atoms with Crippen LogP contribution < -0.4 is 16.8 Å². The summed E-state index contributed by atoms with van der Waals surface area (Å²) in [5.41, 5.74) is 11.9. The first-order valence-corrected chi connectivity index (χ1v) is 6.95. The fourth-order valence-electron chi connectivity index (χ4n) is 1.79. The van der Waals surface area contributed by atoms with Crippen LogP contribution in [0, 0.1) is 16.0 Å². The third-order valence-corrected chi connectivity index (χ3v) is 3.38. The molecule has 6 N–H and O–H groups in total. The molecule has 0 radical (unpaired) electrons. The Bertz CT molecular complexity index is 518. The molecule has 3 atom stereocenters. The van der Waals surface area contributed by atoms with E-state index in [0.717, 1.165) is 0 Å². The maximum absolute atomic E-state index is 11.7. The third-order valence-electron chi connectivity index (χ3n) is 3.38. The highest BCUT2D eigenvalue weighted by molar-refractivity contribution is 5.81. The summed E-state index contributed by atoms with van der Waals surface area (Å²) in [6, 6.07) is 4.07. The number of nitrogens with zero attached hydrogens (tertiary/aromatic N) is 1. The monoisotopic (exact) mass is 310 g/mol. The van der Waals surface area contributed by atoms with Crippen LogP contribution in [0.25, 0.3) is 0 Å². The molecule has 0 saturated heterocycles. The van der Waals surface area contributed by atoms with E-state index in [2.05, 4.69) is 5.32 Å². The van der Waals surface area contributed by atoms with Crippen LogP contribution in [0.5, 0.6) is 0 Å². The van der Waals surface area contributed by atoms with Gasteiger partial charge in [0.15, 0.2) is 0 Å². The van der Waals surface area contributed by atoms with Crippen LogP contribution in [0.1, 0.15) is 25.5 Å². The number of nitrogens with two attached hydrogens (primary N) is 2. The molecule has 1 amide bonds. The van der Waals surface area contributed by atoms with E-state index in [9.17, 15) is 20.0 Å². The molecule has 122 valence electrons. The lowest BCUT2D eigenvalue weighted by atomic mass is 10.0. The van der Waals surface area contributed by atoms with Gasteiger partial charge in [-0.15, -0.1) is 0 Å². The summed E-state index contributed by atoms with van der Waals surface area (Å²) in [6.45, 7) is 3.71. The molecule has 1 aromatic rings. The molecular weight excluding hydrogens is 288 g/mol. The van der Waals surface area contributed by atoms with Crippen molar-refractivity contribution in [2.24, 2.45) is 17.4 Å². The van der Waals surface area contributed by atoms with Crippen LogP contribution in [0.4, 0.5) is 5.69 Å². The van der Waals surface area contributed by atoms with Gasteiger partial charge >= 0.3 is 0 Å². The molecule has 0 aliphatic heterocycles. The molecular formula is C14H22N4O4. The van der Waals surface area contributed by atoms with Gasteiger partial charge in [-0.2, -0.15) is 0 Å². The van der Waals surface area contributed by atoms with Gasteiger partial charge in [-0.05, 0) is 23.6 Å². The Hall–Kier alpha value is -2.03. The van der Waals surface area contributed by atoms with Gasteiger partial charge in [-0.25, -0.2) is 0 Å². The molecule has 8 heteroatoms. The molecule has 0 bridgehead atoms. The lowest BCUT2D eigenvalue weighted by Crippen LogP contribution is -2.48. The quantitative estimate of drug-likeness (QED) is 0.414. The number of rotatable bonds is 7. The molecule has 22 heavy (non-hydrogen) atoms. The molecule has 1 aromatic carbocycles. The minimum absolute atomic E-state index is 0.00387. The molecule has 0 unspecified atom stereocenters. The third kappa shape index (κ3) is 4.76. The molecule has 0 saturated carbocycles. The zero-order valence-electron chi connectivity index (χ0n) is 12.6. The lowest BCUT2D eigenvalue weighted by Gasteiger charge is -2.21. The number of non-ortho nitro benzene ring substituents is 1. The van der Waals surface area contributed by atoms with E-state index in [0.29, 0.717) is 5.56 Å². The number of aliphatic hydroxyl groups is 1. The largest absolute Gasteiger partial charge is 0.387 e. The zero-order chi connectivity index (χ0) is 16.9. The van der Waals surface area contributed by atoms with Crippen molar-refractivity contribution in [2.45, 2.75) is 32.0 Å². The Labute approximate surface area is 128 Å². The summed E-state index contributed by atoms with van der Waals surface area (Å²) < 4.78 is 0. The average Bonchev–Trinajstić information content (AvgIpc) is 2.50. The Kier molecular flexibility index (Phi) is 6.41. The predicted molar refractivity (Wildman–Crippen MR) is 81.9 cm³/mol. The van der Waals surface area contributed by atoms with Crippen LogP contribution in [0.15, 0.2) is 24.3 Å². The minimum Gasteiger partial charge on any atom is -0.387 e. The van der Waals surface area contributed by atoms with Crippen LogP contribution in [0.2, 0.25) is 0 Å². The fourth-order valence-corrected chi connectivity index (χ4v) is 1.79. The summed E-state index contributed by atoms with van der Waals surface area (Å²) in [5.74, 6) is -0.336. The predicted octanol–water partition coefficient (Wildman–Crippen LogP) is 0.0550. The molecule has 0 heterocycles. The molecule has 1 rings (SSSR count). The van der Waals surface area contributed by atoms with Crippen molar-refractivity contribution in [3.05, 3.63) is 39.9 Å². The van der Waals surface area contributed by atoms with Gasteiger partial charge in [0.2, 0.25) is 5.91 Å². The van der Waals surface area contributed by atoms with E-state index in [1.54, 1.807) is 0 Å². The smallest absolute Gasteiger partial charge is 0.269 e. The van der Waals surface area contributed by atoms with E-state index in [1.165, 1.54) is 24.3 Å². The van der Waals surface area contributed by atoms with E-state index < -0.39 is 23.1 Å². The number of hydrogen-bond donors (Lipinski definition) is 4. The van der Waals surface area contributed by atoms with Crippen LogP contribution in [-0.4, -0.2) is 34.6 Å². The van der Waals surface area contributed by atoms with E-state index in [-0.39, 0.29) is 24.1 Å². The number of benzene rings is 1. The number of nitrogens with one attached hydrogen (secondary N) is 1. The second-order valence-electron chi connectivity index (χ2n) is 5.47. The minimum atomic E-state index is -1.05. The van der Waals surface area contributed by atoms with Gasteiger partial charge in [0.25, 0.3) is 5.69 Å². The number of hydrogen-bond acceptors (Lipinski definition) is 6. The number of carbonyl (C=O) groups excluding carboxylic acids is 1. The second-order valence-corrected chi connectivity index (χ2v) is 5.47. The van der Waals surface area contributed by atoms with Crippen LogP contribution in [-0.2, 0) is 4.79 Å². The Morgan fingerprint density at radius 1 is 1.32 bits per heavy atom. The van der Waals surface area contributed by atoms with Gasteiger partial charge in [-0.1, -0.05) is 13.8 Å². The molecule has 0 aliphatic carbocycles. The maximum Gasteiger partial charge on any atom is 0.269 e. The van der Waals surface area contributed by atoms with Gasteiger partial charge in [0, 0.05) is 18.7 Å². The van der Waals surface area contributed by atoms with Crippen molar-refractivity contribution < 1.29 is 14.8 Å². The average molecular weight is 310 g/mol. The van der Waals surface area contributed by atoms with Crippen molar-refractivity contribution in [1.82, 2.24) is 5.32 Å². The summed E-state index contributed by atoms with van der Waals surface area (Å²) in [6.07, 6.45) is -1.05. The molecule has 0 aromatic heterocycles. The molecule has 0 spiro atoms. The summed E-state index contributed by atoms with van der Waals surface area (Å²) in [7, 11) is 0. The van der Waals surface area contributed by atoms with Crippen molar-refractivity contribution in [3.63, 3.8) is 0 Å². The first kappa shape index (κ1) is 18.0. The summed E-state index contributed by atoms with van der Waals surface area (Å²) >= 11 is 0. The highest BCUT2D eigenvalue weighted by atomic mass is 16.6. The number of nitro benzene ring substituents is 1. The Morgan fingerprint density at radius 3 is 2.32 bits per heavy atom. The SMILES string of the molecule is CC(C)[C@H](N)C(=O)NC[C@H](N)[C@@H](O)c1ccc([N+](=O)[O-])cc1. The van der Waals surface area contributed by atoms with E-state index in [1.807, 2.05) is 13.8 Å². The zero-order valence-corrected chi connectivity index (χ0v) is 12.6. The molecule has 0 fully saturated rings. The molecule has 8 nitrogen and oxygen atoms in total. The van der Waals surface area contributed by atoms with Crippen molar-refractivity contribution in [1.29, 1.82) is 0 Å². The topological polar surface area (TPSA) is 145 Å². The molecule has 0 aliphatic rings. The van der Waals surface area contributed by atoms with Gasteiger partial charge in [0.05, 0.1) is 23.1 Å². The lowest BCUT2D eigenvalue weighted by molar-refractivity contribution is -0.384. The van der Waals surface area contributed by atoms with Crippen LogP contribution in [0.3, 0.4) is 0 Å². The standard InChI is InChI=1S/C14H22N4O4/c1-8(2)12(16)14(20)17-7-11(15)13(19)9-3-5-10(6-4-9)18(21)22/h3-6,8,11-13,19H,7,15-16H2,1-2H3,(H,17,20)/t11-,12-,13-/m0/s1. The second kappa shape index (κ2) is 7.83. The van der Waals surface area contributed by atoms with Crippen molar-refractivity contribution in [2.75, 3.05) is 6.54 Å². The maximum atomic E-state index is 11.7. The number of nitro groups is 1. The van der Waals surface area contributed by atoms with E-state index >= 15 is 0 Å². The summed E-state index contributed by atoms with van der Waals surface area (Å²) in [4.78, 5) is 21.8.